The van der Waals surface area contributed by atoms with Gasteiger partial charge >= 0.3 is 0 Å². The Bertz CT molecular complexity index is 3510. The highest BCUT2D eigenvalue weighted by atomic mass is 15.1. The van der Waals surface area contributed by atoms with E-state index in [0.29, 0.717) is 0 Å². The predicted octanol–water partition coefficient (Wildman–Crippen LogP) is 19.1. The van der Waals surface area contributed by atoms with E-state index in [1.165, 1.54) is 54.7 Å². The van der Waals surface area contributed by atoms with E-state index < -0.39 is 0 Å². The maximum absolute atomic E-state index is 2.38. The van der Waals surface area contributed by atoms with E-state index in [2.05, 4.69) is 303 Å². The van der Waals surface area contributed by atoms with Crippen molar-refractivity contribution in [3.05, 3.63) is 254 Å². The minimum atomic E-state index is 0.0530. The average molecular weight is 931 g/mol. The molecule has 0 atom stereocenters. The first-order valence-corrected chi connectivity index (χ1v) is 25.2. The summed E-state index contributed by atoms with van der Waals surface area (Å²) in [6, 6.07) is 88.9. The number of aromatic nitrogens is 2. The maximum atomic E-state index is 2.38. The fourth-order valence-corrected chi connectivity index (χ4v) is 10.6. The van der Waals surface area contributed by atoms with Gasteiger partial charge in [0.2, 0.25) is 0 Å². The molecule has 0 bridgehead atoms. The molecule has 0 aliphatic heterocycles. The lowest BCUT2D eigenvalue weighted by molar-refractivity contribution is 0.590. The molecule has 0 radical (unpaired) electrons. The van der Waals surface area contributed by atoms with Crippen LogP contribution in [0.3, 0.4) is 0 Å². The van der Waals surface area contributed by atoms with Crippen molar-refractivity contribution in [2.45, 2.75) is 52.4 Å². The Morgan fingerprint density at radius 3 is 0.722 bits per heavy atom. The molecule has 72 heavy (non-hydrogen) atoms. The second-order valence-electron chi connectivity index (χ2n) is 21.1. The number of hydrogen-bond acceptors (Lipinski definition) is 2. The van der Waals surface area contributed by atoms with E-state index in [0.717, 1.165) is 56.6 Å². The zero-order valence-electron chi connectivity index (χ0n) is 41.9. The number of rotatable bonds is 9. The second-order valence-corrected chi connectivity index (χ2v) is 21.1. The summed E-state index contributed by atoms with van der Waals surface area (Å²) in [4.78, 5) is 4.73. The van der Waals surface area contributed by atoms with Gasteiger partial charge in [0.05, 0.1) is 22.1 Å². The largest absolute Gasteiger partial charge is 0.311 e. The standard InChI is InChI=1S/C68H58N4/c1-67(2,3)49-27-35-53(36-28-49)69(55-39-43-57(44-40-55)71-63-19-11-7-15-59(63)60-16-8-12-20-64(60)71)51-31-23-47(24-32-51)48-25-33-52(34-26-48)70(54-37-29-50(30-38-54)68(4,5)6)56-41-45-58(46-42-56)72-65-21-13-9-17-61(65)62-18-10-14-22-66(62)72/h7-46H,1-6H3. The lowest BCUT2D eigenvalue weighted by Gasteiger charge is -2.28. The molecule has 10 aromatic carbocycles. The van der Waals surface area contributed by atoms with E-state index in [-0.39, 0.29) is 10.8 Å². The Labute approximate surface area is 423 Å². The molecule has 12 rings (SSSR count). The number of fused-ring (bicyclic) bond motifs is 6. The molecule has 4 heteroatoms. The first-order valence-electron chi connectivity index (χ1n) is 25.2. The SMILES string of the molecule is CC(C)(C)c1ccc(N(c2ccc(-c3ccc(N(c4ccc(-n5c6ccccc6c6ccccc65)cc4)c4ccc(C(C)(C)C)cc4)cc3)cc2)c2ccc(-n3c4ccccc4c4ccccc43)cc2)cc1. The number of benzene rings is 10. The molecule has 0 amide bonds. The summed E-state index contributed by atoms with van der Waals surface area (Å²) >= 11 is 0. The molecular formula is C68H58N4. The van der Waals surface area contributed by atoms with E-state index >= 15 is 0 Å². The fourth-order valence-electron chi connectivity index (χ4n) is 10.6. The molecular weight excluding hydrogens is 873 g/mol. The van der Waals surface area contributed by atoms with E-state index in [9.17, 15) is 0 Å². The zero-order valence-corrected chi connectivity index (χ0v) is 41.9. The Kier molecular flexibility index (Phi) is 10.9. The molecule has 0 saturated carbocycles. The van der Waals surface area contributed by atoms with Gasteiger partial charge < -0.3 is 18.9 Å². The average Bonchev–Trinajstić information content (AvgIpc) is 3.93. The molecule has 2 aromatic heterocycles. The highest BCUT2D eigenvalue weighted by molar-refractivity contribution is 6.10. The molecule has 12 aromatic rings. The van der Waals surface area contributed by atoms with Crippen molar-refractivity contribution >= 4 is 77.7 Å². The van der Waals surface area contributed by atoms with Gasteiger partial charge in [-0.1, -0.05) is 163 Å². The molecule has 0 spiro atoms. The van der Waals surface area contributed by atoms with Gasteiger partial charge in [0.1, 0.15) is 0 Å². The molecule has 350 valence electrons. The van der Waals surface area contributed by atoms with Gasteiger partial charge in [0.25, 0.3) is 0 Å². The van der Waals surface area contributed by atoms with Gasteiger partial charge in [-0.3, -0.25) is 0 Å². The van der Waals surface area contributed by atoms with Crippen molar-refractivity contribution in [1.82, 2.24) is 9.13 Å². The number of para-hydroxylation sites is 4. The lowest BCUT2D eigenvalue weighted by atomic mass is 9.87. The minimum Gasteiger partial charge on any atom is -0.311 e. The second kappa shape index (κ2) is 17.7. The maximum Gasteiger partial charge on any atom is 0.0541 e. The van der Waals surface area contributed by atoms with Crippen LogP contribution in [0.2, 0.25) is 0 Å². The van der Waals surface area contributed by atoms with Crippen molar-refractivity contribution in [2.75, 3.05) is 9.80 Å². The number of hydrogen-bond donors (Lipinski definition) is 0. The summed E-state index contributed by atoms with van der Waals surface area (Å²) in [6.07, 6.45) is 0. The number of nitrogens with zero attached hydrogens (tertiary/aromatic N) is 4. The topological polar surface area (TPSA) is 16.3 Å². The minimum absolute atomic E-state index is 0.0530. The highest BCUT2D eigenvalue weighted by Gasteiger charge is 2.21. The van der Waals surface area contributed by atoms with Gasteiger partial charge in [-0.25, -0.2) is 0 Å². The van der Waals surface area contributed by atoms with Crippen LogP contribution >= 0.6 is 0 Å². The normalized spacial score (nSPS) is 12.0. The Hall–Kier alpha value is -8.60. The van der Waals surface area contributed by atoms with E-state index in [4.69, 9.17) is 0 Å². The molecule has 4 nitrogen and oxygen atoms in total. The van der Waals surface area contributed by atoms with Crippen LogP contribution in [0.15, 0.2) is 243 Å². The Morgan fingerprint density at radius 1 is 0.250 bits per heavy atom. The van der Waals surface area contributed by atoms with Crippen LogP contribution in [0.1, 0.15) is 52.7 Å². The summed E-state index contributed by atoms with van der Waals surface area (Å²) in [5.74, 6) is 0. The molecule has 0 aliphatic rings. The Morgan fingerprint density at radius 2 is 0.472 bits per heavy atom. The molecule has 0 saturated heterocycles. The molecule has 0 N–H and O–H groups in total. The van der Waals surface area contributed by atoms with Gasteiger partial charge in [0.15, 0.2) is 0 Å². The van der Waals surface area contributed by atoms with Crippen molar-refractivity contribution in [2.24, 2.45) is 0 Å². The monoisotopic (exact) mass is 930 g/mol. The van der Waals surface area contributed by atoms with Crippen molar-refractivity contribution in [1.29, 1.82) is 0 Å². The molecule has 0 fully saturated rings. The lowest BCUT2D eigenvalue weighted by Crippen LogP contribution is -2.13. The predicted molar refractivity (Wildman–Crippen MR) is 307 cm³/mol. The zero-order chi connectivity index (χ0) is 49.1. The summed E-state index contributed by atoms with van der Waals surface area (Å²) in [6.45, 7) is 13.6. The quantitative estimate of drug-likeness (QED) is 0.143. The van der Waals surface area contributed by atoms with Crippen LogP contribution in [0, 0.1) is 0 Å². The van der Waals surface area contributed by atoms with Gasteiger partial charge in [-0.2, -0.15) is 0 Å². The fraction of sp³-hybridized carbons (Fsp3) is 0.118. The van der Waals surface area contributed by atoms with Crippen LogP contribution < -0.4 is 9.80 Å². The van der Waals surface area contributed by atoms with E-state index in [1.807, 2.05) is 0 Å². The van der Waals surface area contributed by atoms with Crippen LogP contribution in [0.5, 0.6) is 0 Å². The number of anilines is 6. The third kappa shape index (κ3) is 7.99. The first-order chi connectivity index (χ1) is 35.0. The summed E-state index contributed by atoms with van der Waals surface area (Å²) in [7, 11) is 0. The molecule has 0 aliphatic carbocycles. The van der Waals surface area contributed by atoms with Gasteiger partial charge in [-0.05, 0) is 154 Å². The highest BCUT2D eigenvalue weighted by Crippen LogP contribution is 2.41. The summed E-state index contributed by atoms with van der Waals surface area (Å²) in [5, 5.41) is 5.05. The van der Waals surface area contributed by atoms with Crippen molar-refractivity contribution in [3.63, 3.8) is 0 Å². The van der Waals surface area contributed by atoms with Crippen molar-refractivity contribution in [3.8, 4) is 22.5 Å². The molecule has 0 unspecified atom stereocenters. The third-order valence-corrected chi connectivity index (χ3v) is 14.5. The van der Waals surface area contributed by atoms with Crippen LogP contribution in [-0.4, -0.2) is 9.13 Å². The summed E-state index contributed by atoms with van der Waals surface area (Å²) < 4.78 is 4.76. The van der Waals surface area contributed by atoms with E-state index in [1.54, 1.807) is 0 Å². The molecule has 2 heterocycles. The smallest absolute Gasteiger partial charge is 0.0541 e. The van der Waals surface area contributed by atoms with Gasteiger partial charge in [-0.15, -0.1) is 0 Å². The van der Waals surface area contributed by atoms with Gasteiger partial charge in [0, 0.05) is 67.0 Å². The van der Waals surface area contributed by atoms with Crippen molar-refractivity contribution < 1.29 is 0 Å². The van der Waals surface area contributed by atoms with Crippen LogP contribution in [0.25, 0.3) is 66.1 Å². The first kappa shape index (κ1) is 44.6. The van der Waals surface area contributed by atoms with Crippen LogP contribution in [0.4, 0.5) is 34.1 Å². The summed E-state index contributed by atoms with van der Waals surface area (Å²) in [5.41, 5.74) is 18.7. The van der Waals surface area contributed by atoms with Crippen LogP contribution in [-0.2, 0) is 10.8 Å². The Balaban J connectivity index is 0.878. The third-order valence-electron chi connectivity index (χ3n) is 14.5.